The summed E-state index contributed by atoms with van der Waals surface area (Å²) in [6, 6.07) is 11.0. The fourth-order valence-electron chi connectivity index (χ4n) is 4.05. The van der Waals surface area contributed by atoms with Crippen LogP contribution in [0, 0.1) is 0 Å². The number of carbonyl (C=O) groups excluding carboxylic acids is 3. The average molecular weight is 378 g/mol. The van der Waals surface area contributed by atoms with E-state index in [0.717, 1.165) is 34.4 Å². The zero-order valence-corrected chi connectivity index (χ0v) is 15.5. The predicted octanol–water partition coefficient (Wildman–Crippen LogP) is 1.52. The summed E-state index contributed by atoms with van der Waals surface area (Å²) in [6.45, 7) is 0.143. The van der Waals surface area contributed by atoms with Crippen molar-refractivity contribution in [2.24, 2.45) is 0 Å². The highest BCUT2D eigenvalue weighted by atomic mass is 16.2. The number of nitrogens with one attached hydrogen (secondary N) is 2. The van der Waals surface area contributed by atoms with Gasteiger partial charge in [0.25, 0.3) is 5.91 Å². The molecule has 0 saturated carbocycles. The summed E-state index contributed by atoms with van der Waals surface area (Å²) < 4.78 is 0. The summed E-state index contributed by atoms with van der Waals surface area (Å²) in [7, 11) is 0. The maximum atomic E-state index is 13.1. The van der Waals surface area contributed by atoms with E-state index in [1.165, 1.54) is 0 Å². The first-order valence-corrected chi connectivity index (χ1v) is 9.48. The molecule has 1 aliphatic heterocycles. The van der Waals surface area contributed by atoms with Gasteiger partial charge in [0.2, 0.25) is 5.91 Å². The molecule has 144 valence electrons. The van der Waals surface area contributed by atoms with E-state index in [0.29, 0.717) is 19.4 Å². The number of carbonyl (C=O) groups is 3. The molecule has 1 fully saturated rings. The summed E-state index contributed by atoms with van der Waals surface area (Å²) in [4.78, 5) is 43.0. The van der Waals surface area contributed by atoms with Crippen LogP contribution in [0.3, 0.4) is 0 Å². The quantitative estimate of drug-likeness (QED) is 0.772. The van der Waals surface area contributed by atoms with E-state index < -0.39 is 11.6 Å². The molecule has 4 rings (SSSR count). The number of urea groups is 1. The topological polar surface area (TPSA) is 91.4 Å². The molecule has 1 aromatic heterocycles. The number of rotatable bonds is 5. The van der Waals surface area contributed by atoms with Crippen molar-refractivity contribution in [2.45, 2.75) is 31.2 Å². The Hall–Kier alpha value is -3.22. The number of benzene rings is 1. The molecule has 7 heteroatoms. The Morgan fingerprint density at radius 3 is 2.89 bits per heavy atom. The van der Waals surface area contributed by atoms with Crippen LogP contribution in [0.25, 0.3) is 0 Å². The van der Waals surface area contributed by atoms with E-state index in [-0.39, 0.29) is 18.4 Å². The van der Waals surface area contributed by atoms with Crippen LogP contribution in [-0.2, 0) is 28.0 Å². The lowest BCUT2D eigenvalue weighted by molar-refractivity contribution is -0.135. The summed E-state index contributed by atoms with van der Waals surface area (Å²) in [5, 5.41) is 5.63. The lowest BCUT2D eigenvalue weighted by atomic mass is 9.76. The standard InChI is InChI=1S/C21H22N4O3/c26-18(23-12-9-15-5-4-11-22-13-15)14-25-19(27)21(24-20(25)28)10-3-7-16-6-1-2-8-17(16)21/h1-2,4-6,8,11,13H,3,7,9-10,12,14H2,(H,23,26)(H,24,28). The van der Waals surface area contributed by atoms with Crippen molar-refractivity contribution in [1.29, 1.82) is 0 Å². The molecule has 1 atom stereocenters. The summed E-state index contributed by atoms with van der Waals surface area (Å²) in [5.41, 5.74) is 1.89. The van der Waals surface area contributed by atoms with E-state index >= 15 is 0 Å². The minimum absolute atomic E-state index is 0.276. The number of nitrogens with zero attached hydrogens (tertiary/aromatic N) is 2. The highest BCUT2D eigenvalue weighted by molar-refractivity contribution is 6.09. The highest BCUT2D eigenvalue weighted by Crippen LogP contribution is 2.39. The van der Waals surface area contributed by atoms with Gasteiger partial charge in [0.05, 0.1) is 0 Å². The second-order valence-corrected chi connectivity index (χ2v) is 7.20. The Bertz CT molecular complexity index is 915. The van der Waals surface area contributed by atoms with Crippen LogP contribution >= 0.6 is 0 Å². The van der Waals surface area contributed by atoms with Crippen molar-refractivity contribution in [2.75, 3.05) is 13.1 Å². The first kappa shape index (κ1) is 18.2. The van der Waals surface area contributed by atoms with E-state index in [1.54, 1.807) is 12.4 Å². The zero-order valence-electron chi connectivity index (χ0n) is 15.5. The van der Waals surface area contributed by atoms with Gasteiger partial charge in [-0.15, -0.1) is 0 Å². The maximum Gasteiger partial charge on any atom is 0.325 e. The first-order chi connectivity index (χ1) is 13.6. The van der Waals surface area contributed by atoms with E-state index in [4.69, 9.17) is 0 Å². The minimum atomic E-state index is -1.04. The van der Waals surface area contributed by atoms with E-state index in [9.17, 15) is 14.4 Å². The molecule has 0 radical (unpaired) electrons. The number of pyridine rings is 1. The number of aromatic nitrogens is 1. The summed E-state index contributed by atoms with van der Waals surface area (Å²) in [6.07, 6.45) is 6.32. The Morgan fingerprint density at radius 1 is 1.21 bits per heavy atom. The third kappa shape index (κ3) is 3.24. The number of hydrogen-bond acceptors (Lipinski definition) is 4. The number of fused-ring (bicyclic) bond motifs is 2. The van der Waals surface area contributed by atoms with Crippen LogP contribution in [0.4, 0.5) is 4.79 Å². The Kier molecular flexibility index (Phi) is 4.81. The number of amides is 4. The molecule has 2 heterocycles. The van der Waals surface area contributed by atoms with E-state index in [2.05, 4.69) is 15.6 Å². The molecule has 0 bridgehead atoms. The first-order valence-electron chi connectivity index (χ1n) is 9.48. The summed E-state index contributed by atoms with van der Waals surface area (Å²) >= 11 is 0. The third-order valence-electron chi connectivity index (χ3n) is 5.41. The lowest BCUT2D eigenvalue weighted by Gasteiger charge is -2.33. The normalized spacial score (nSPS) is 20.8. The van der Waals surface area contributed by atoms with Gasteiger partial charge in [0.1, 0.15) is 12.1 Å². The van der Waals surface area contributed by atoms with Crippen molar-refractivity contribution in [3.63, 3.8) is 0 Å². The minimum Gasteiger partial charge on any atom is -0.354 e. The molecular formula is C21H22N4O3. The van der Waals surface area contributed by atoms with Gasteiger partial charge < -0.3 is 10.6 Å². The molecule has 1 unspecified atom stereocenters. The maximum absolute atomic E-state index is 13.1. The van der Waals surface area contributed by atoms with Crippen molar-refractivity contribution in [3.05, 3.63) is 65.5 Å². The van der Waals surface area contributed by atoms with Crippen LogP contribution < -0.4 is 10.6 Å². The lowest BCUT2D eigenvalue weighted by Crippen LogP contribution is -2.47. The molecule has 1 aromatic carbocycles. The van der Waals surface area contributed by atoms with Gasteiger partial charge in [-0.05, 0) is 48.4 Å². The van der Waals surface area contributed by atoms with Crippen molar-refractivity contribution in [3.8, 4) is 0 Å². The largest absolute Gasteiger partial charge is 0.354 e. The molecule has 2 aliphatic rings. The molecule has 7 nitrogen and oxygen atoms in total. The van der Waals surface area contributed by atoms with Gasteiger partial charge in [-0.25, -0.2) is 4.79 Å². The Balaban J connectivity index is 1.42. The molecular weight excluding hydrogens is 356 g/mol. The van der Waals surface area contributed by atoms with Gasteiger partial charge in [0, 0.05) is 18.9 Å². The van der Waals surface area contributed by atoms with E-state index in [1.807, 2.05) is 36.4 Å². The van der Waals surface area contributed by atoms with Crippen LogP contribution in [0.15, 0.2) is 48.8 Å². The highest BCUT2D eigenvalue weighted by Gasteiger charge is 2.54. The molecule has 4 amide bonds. The molecule has 2 aromatic rings. The van der Waals surface area contributed by atoms with Gasteiger partial charge in [-0.1, -0.05) is 30.3 Å². The van der Waals surface area contributed by atoms with Crippen LogP contribution in [-0.4, -0.2) is 40.8 Å². The number of imide groups is 1. The van der Waals surface area contributed by atoms with Gasteiger partial charge in [-0.2, -0.15) is 0 Å². The summed E-state index contributed by atoms with van der Waals surface area (Å²) in [5.74, 6) is -0.694. The Morgan fingerprint density at radius 2 is 2.07 bits per heavy atom. The van der Waals surface area contributed by atoms with Crippen LogP contribution in [0.5, 0.6) is 0 Å². The molecule has 28 heavy (non-hydrogen) atoms. The molecule has 2 N–H and O–H groups in total. The predicted molar refractivity (Wildman–Crippen MR) is 102 cm³/mol. The molecule has 1 aliphatic carbocycles. The van der Waals surface area contributed by atoms with Crippen LogP contribution in [0.1, 0.15) is 29.5 Å². The Labute approximate surface area is 163 Å². The fourth-order valence-corrected chi connectivity index (χ4v) is 4.05. The number of hydrogen-bond donors (Lipinski definition) is 2. The SMILES string of the molecule is O=C(CN1C(=O)NC2(CCCc3ccccc32)C1=O)NCCc1cccnc1. The second-order valence-electron chi connectivity index (χ2n) is 7.20. The van der Waals surface area contributed by atoms with Crippen molar-refractivity contribution >= 4 is 17.8 Å². The number of aryl methyl sites for hydroxylation is 1. The van der Waals surface area contributed by atoms with Crippen molar-refractivity contribution < 1.29 is 14.4 Å². The second kappa shape index (κ2) is 7.42. The molecule has 1 spiro atoms. The monoisotopic (exact) mass is 378 g/mol. The fraction of sp³-hybridized carbons (Fsp3) is 0.333. The third-order valence-corrected chi connectivity index (χ3v) is 5.41. The zero-order chi connectivity index (χ0) is 19.6. The van der Waals surface area contributed by atoms with Crippen molar-refractivity contribution in [1.82, 2.24) is 20.5 Å². The molecule has 1 saturated heterocycles. The van der Waals surface area contributed by atoms with Gasteiger partial charge in [-0.3, -0.25) is 19.5 Å². The van der Waals surface area contributed by atoms with Crippen LogP contribution in [0.2, 0.25) is 0 Å². The smallest absolute Gasteiger partial charge is 0.325 e. The average Bonchev–Trinajstić information content (AvgIpc) is 2.94. The van der Waals surface area contributed by atoms with Gasteiger partial charge in [0.15, 0.2) is 0 Å². The van der Waals surface area contributed by atoms with Gasteiger partial charge >= 0.3 is 6.03 Å².